The van der Waals surface area contributed by atoms with E-state index in [2.05, 4.69) is 4.98 Å². The zero-order valence-electron chi connectivity index (χ0n) is 6.86. The van der Waals surface area contributed by atoms with E-state index in [4.69, 9.17) is 11.6 Å². The molecule has 1 aliphatic rings. The highest BCUT2D eigenvalue weighted by molar-refractivity contribution is 6.31. The number of rotatable bonds is 0. The van der Waals surface area contributed by atoms with E-state index < -0.39 is 6.23 Å². The smallest absolute Gasteiger partial charge is 0.256 e. The summed E-state index contributed by atoms with van der Waals surface area (Å²) in [6, 6.07) is 1.55. The lowest BCUT2D eigenvalue weighted by Crippen LogP contribution is -2.22. The molecule has 13 heavy (non-hydrogen) atoms. The molecule has 0 saturated carbocycles. The molecule has 2 rings (SSSR count). The Morgan fingerprint density at radius 2 is 2.38 bits per heavy atom. The van der Waals surface area contributed by atoms with Gasteiger partial charge in [0, 0.05) is 13.2 Å². The van der Waals surface area contributed by atoms with Crippen molar-refractivity contribution < 1.29 is 9.90 Å². The van der Waals surface area contributed by atoms with Crippen molar-refractivity contribution in [1.82, 2.24) is 9.88 Å². The van der Waals surface area contributed by atoms with Gasteiger partial charge in [0.15, 0.2) is 6.23 Å². The third-order valence-corrected chi connectivity index (χ3v) is 2.42. The minimum atomic E-state index is -0.969. The number of carbonyl (C=O) groups excluding carboxylic acids is 1. The molecule has 2 heterocycles. The molecule has 0 spiro atoms. The summed E-state index contributed by atoms with van der Waals surface area (Å²) in [5, 5.41) is 9.76. The Bertz CT molecular complexity index is 380. The summed E-state index contributed by atoms with van der Waals surface area (Å²) in [5.74, 6) is -0.230. The first-order valence-corrected chi connectivity index (χ1v) is 4.10. The number of aromatic nitrogens is 1. The van der Waals surface area contributed by atoms with Gasteiger partial charge in [-0.05, 0) is 6.07 Å². The first kappa shape index (κ1) is 8.47. The van der Waals surface area contributed by atoms with E-state index in [1.165, 1.54) is 18.1 Å². The molecule has 0 aromatic carbocycles. The fourth-order valence-corrected chi connectivity index (χ4v) is 1.63. The van der Waals surface area contributed by atoms with Crippen LogP contribution in [0.15, 0.2) is 12.3 Å². The van der Waals surface area contributed by atoms with Gasteiger partial charge < -0.3 is 10.0 Å². The SMILES string of the molecule is CN1C(=O)c2ccnc(Cl)c2C1O. The number of aliphatic hydroxyl groups excluding tert-OH is 1. The van der Waals surface area contributed by atoms with Gasteiger partial charge in [0.2, 0.25) is 0 Å². The van der Waals surface area contributed by atoms with Crippen LogP contribution in [0.4, 0.5) is 0 Å². The molecular weight excluding hydrogens is 192 g/mol. The Kier molecular flexibility index (Phi) is 1.75. The second-order valence-corrected chi connectivity index (χ2v) is 3.21. The van der Waals surface area contributed by atoms with Crippen molar-refractivity contribution >= 4 is 17.5 Å². The molecule has 0 fully saturated rings. The number of pyridine rings is 1. The van der Waals surface area contributed by atoms with Crippen molar-refractivity contribution in [2.24, 2.45) is 0 Å². The molecule has 5 heteroatoms. The van der Waals surface area contributed by atoms with Crippen molar-refractivity contribution in [2.45, 2.75) is 6.23 Å². The van der Waals surface area contributed by atoms with Crippen LogP contribution in [0.3, 0.4) is 0 Å². The highest BCUT2D eigenvalue weighted by atomic mass is 35.5. The number of nitrogens with zero attached hydrogens (tertiary/aromatic N) is 2. The Balaban J connectivity index is 2.66. The highest BCUT2D eigenvalue weighted by Gasteiger charge is 2.34. The Morgan fingerprint density at radius 1 is 1.69 bits per heavy atom. The number of fused-ring (bicyclic) bond motifs is 1. The van der Waals surface area contributed by atoms with Crippen LogP contribution < -0.4 is 0 Å². The third kappa shape index (κ3) is 1.03. The standard InChI is InChI=1S/C8H7ClN2O2/c1-11-7(12)4-2-3-10-6(9)5(4)8(11)13/h2-3,8,13H,1H3. The zero-order chi connectivity index (χ0) is 9.59. The Labute approximate surface area is 79.8 Å². The summed E-state index contributed by atoms with van der Waals surface area (Å²) in [5.41, 5.74) is 0.826. The average molecular weight is 199 g/mol. The number of hydrogen-bond donors (Lipinski definition) is 1. The maximum absolute atomic E-state index is 11.4. The molecule has 0 aliphatic carbocycles. The fourth-order valence-electron chi connectivity index (χ4n) is 1.37. The number of amides is 1. The summed E-state index contributed by atoms with van der Waals surface area (Å²) < 4.78 is 0. The molecule has 1 amide bonds. The van der Waals surface area contributed by atoms with Crippen LogP contribution >= 0.6 is 11.6 Å². The van der Waals surface area contributed by atoms with Gasteiger partial charge in [-0.3, -0.25) is 4.79 Å². The molecule has 0 saturated heterocycles. The number of hydrogen-bond acceptors (Lipinski definition) is 3. The Hall–Kier alpha value is -1.13. The molecule has 1 atom stereocenters. The fraction of sp³-hybridized carbons (Fsp3) is 0.250. The van der Waals surface area contributed by atoms with Gasteiger partial charge in [0.05, 0.1) is 11.1 Å². The Morgan fingerprint density at radius 3 is 3.00 bits per heavy atom. The molecule has 1 aromatic heterocycles. The molecule has 68 valence electrons. The van der Waals surface area contributed by atoms with Gasteiger partial charge in [-0.15, -0.1) is 0 Å². The van der Waals surface area contributed by atoms with E-state index >= 15 is 0 Å². The normalized spacial score (nSPS) is 20.7. The molecule has 1 aliphatic heterocycles. The molecule has 1 N–H and O–H groups in total. The molecule has 1 aromatic rings. The summed E-state index contributed by atoms with van der Waals surface area (Å²) in [7, 11) is 1.52. The van der Waals surface area contributed by atoms with Crippen LogP contribution in [-0.2, 0) is 0 Å². The van der Waals surface area contributed by atoms with Crippen LogP contribution in [0.2, 0.25) is 5.15 Å². The van der Waals surface area contributed by atoms with Crippen LogP contribution in [0.1, 0.15) is 22.1 Å². The number of halogens is 1. The molecule has 0 radical (unpaired) electrons. The van der Waals surface area contributed by atoms with E-state index in [-0.39, 0.29) is 11.1 Å². The van der Waals surface area contributed by atoms with Crippen molar-refractivity contribution in [3.05, 3.63) is 28.5 Å². The van der Waals surface area contributed by atoms with Gasteiger partial charge in [-0.25, -0.2) is 4.98 Å². The third-order valence-electron chi connectivity index (χ3n) is 2.12. The van der Waals surface area contributed by atoms with E-state index in [0.29, 0.717) is 11.1 Å². The molecule has 1 unspecified atom stereocenters. The van der Waals surface area contributed by atoms with Crippen molar-refractivity contribution in [1.29, 1.82) is 0 Å². The van der Waals surface area contributed by atoms with E-state index in [1.54, 1.807) is 6.07 Å². The first-order chi connectivity index (χ1) is 6.13. The molecule has 4 nitrogen and oxygen atoms in total. The van der Waals surface area contributed by atoms with E-state index in [1.807, 2.05) is 0 Å². The van der Waals surface area contributed by atoms with Gasteiger partial charge in [-0.1, -0.05) is 11.6 Å². The molecule has 0 bridgehead atoms. The van der Waals surface area contributed by atoms with Gasteiger partial charge in [-0.2, -0.15) is 0 Å². The van der Waals surface area contributed by atoms with Crippen molar-refractivity contribution in [2.75, 3.05) is 7.05 Å². The second-order valence-electron chi connectivity index (χ2n) is 2.85. The largest absolute Gasteiger partial charge is 0.369 e. The lowest BCUT2D eigenvalue weighted by Gasteiger charge is -2.13. The lowest BCUT2D eigenvalue weighted by atomic mass is 10.2. The average Bonchev–Trinajstić information content (AvgIpc) is 2.33. The summed E-state index contributed by atoms with van der Waals surface area (Å²) in [4.78, 5) is 16.5. The van der Waals surface area contributed by atoms with Crippen LogP contribution in [0.25, 0.3) is 0 Å². The minimum Gasteiger partial charge on any atom is -0.369 e. The number of aliphatic hydroxyl groups is 1. The maximum atomic E-state index is 11.4. The van der Waals surface area contributed by atoms with E-state index in [0.717, 1.165) is 0 Å². The van der Waals surface area contributed by atoms with Gasteiger partial charge in [0.25, 0.3) is 5.91 Å². The minimum absolute atomic E-state index is 0.183. The quantitative estimate of drug-likeness (QED) is 0.628. The number of carbonyl (C=O) groups is 1. The second kappa shape index (κ2) is 2.68. The topological polar surface area (TPSA) is 53.4 Å². The highest BCUT2D eigenvalue weighted by Crippen LogP contribution is 2.33. The predicted molar refractivity (Wildman–Crippen MR) is 46.3 cm³/mol. The monoisotopic (exact) mass is 198 g/mol. The summed E-state index contributed by atoms with van der Waals surface area (Å²) >= 11 is 5.75. The lowest BCUT2D eigenvalue weighted by molar-refractivity contribution is 0.0301. The van der Waals surface area contributed by atoms with E-state index in [9.17, 15) is 9.90 Å². The molecular formula is C8H7ClN2O2. The first-order valence-electron chi connectivity index (χ1n) is 3.72. The van der Waals surface area contributed by atoms with Crippen LogP contribution in [0, 0.1) is 0 Å². The predicted octanol–water partition coefficient (Wildman–Crippen LogP) is 0.811. The van der Waals surface area contributed by atoms with Gasteiger partial charge in [0.1, 0.15) is 5.15 Å². The van der Waals surface area contributed by atoms with Crippen LogP contribution in [0.5, 0.6) is 0 Å². The zero-order valence-corrected chi connectivity index (χ0v) is 7.62. The summed E-state index contributed by atoms with van der Waals surface area (Å²) in [6.45, 7) is 0. The van der Waals surface area contributed by atoms with Crippen molar-refractivity contribution in [3.8, 4) is 0 Å². The van der Waals surface area contributed by atoms with Crippen molar-refractivity contribution in [3.63, 3.8) is 0 Å². The maximum Gasteiger partial charge on any atom is 0.256 e. The van der Waals surface area contributed by atoms with Crippen LogP contribution in [-0.4, -0.2) is 27.9 Å². The summed E-state index contributed by atoms with van der Waals surface area (Å²) in [6.07, 6.45) is 0.481. The van der Waals surface area contributed by atoms with Gasteiger partial charge >= 0.3 is 0 Å².